The van der Waals surface area contributed by atoms with Crippen LogP contribution >= 0.6 is 11.3 Å². The molecule has 0 atom stereocenters. The summed E-state index contributed by atoms with van der Waals surface area (Å²) in [5.41, 5.74) is 7.84. The molecule has 2 aromatic rings. The zero-order chi connectivity index (χ0) is 10.7. The van der Waals surface area contributed by atoms with Crippen LogP contribution in [0.5, 0.6) is 0 Å². The maximum atomic E-state index is 5.64. The van der Waals surface area contributed by atoms with Crippen LogP contribution in [0.15, 0.2) is 24.4 Å². The predicted molar refractivity (Wildman–Crippen MR) is 62.9 cm³/mol. The molecule has 2 N–H and O–H groups in total. The Hall–Kier alpha value is -1.42. The number of nitrogens with two attached hydrogens (primary N) is 1. The van der Waals surface area contributed by atoms with Crippen LogP contribution in [0.1, 0.15) is 16.3 Å². The van der Waals surface area contributed by atoms with Crippen LogP contribution in [0.25, 0.3) is 0 Å². The largest absolute Gasteiger partial charge is 0.375 e. The van der Waals surface area contributed by atoms with Crippen molar-refractivity contribution in [1.82, 2.24) is 9.97 Å². The van der Waals surface area contributed by atoms with E-state index in [1.807, 2.05) is 24.4 Å². The molecule has 15 heavy (non-hydrogen) atoms. The van der Waals surface area contributed by atoms with Gasteiger partial charge in [-0.05, 0) is 31.9 Å². The minimum absolute atomic E-state index is 0.656. The van der Waals surface area contributed by atoms with Crippen molar-refractivity contribution in [2.24, 2.45) is 0 Å². The van der Waals surface area contributed by atoms with Crippen molar-refractivity contribution in [3.05, 3.63) is 40.7 Å². The Kier molecular flexibility index (Phi) is 2.97. The van der Waals surface area contributed by atoms with Gasteiger partial charge in [0.25, 0.3) is 0 Å². The lowest BCUT2D eigenvalue weighted by Crippen LogP contribution is -1.95. The summed E-state index contributed by atoms with van der Waals surface area (Å²) in [4.78, 5) is 9.78. The number of thiazole rings is 1. The van der Waals surface area contributed by atoms with Gasteiger partial charge < -0.3 is 5.73 Å². The van der Waals surface area contributed by atoms with Gasteiger partial charge in [-0.15, -0.1) is 11.3 Å². The van der Waals surface area contributed by atoms with E-state index >= 15 is 0 Å². The number of rotatable bonds is 3. The fourth-order valence-electron chi connectivity index (χ4n) is 1.47. The summed E-state index contributed by atoms with van der Waals surface area (Å²) in [6, 6.07) is 5.96. The second-order valence-electron chi connectivity index (χ2n) is 3.38. The average molecular weight is 219 g/mol. The molecule has 0 saturated carbocycles. The Morgan fingerprint density at radius 3 is 2.80 bits per heavy atom. The van der Waals surface area contributed by atoms with Crippen molar-refractivity contribution in [2.75, 3.05) is 5.73 Å². The first kappa shape index (κ1) is 10.1. The molecule has 0 aliphatic rings. The van der Waals surface area contributed by atoms with Gasteiger partial charge in [-0.1, -0.05) is 6.07 Å². The Morgan fingerprint density at radius 2 is 2.20 bits per heavy atom. The van der Waals surface area contributed by atoms with Gasteiger partial charge in [0.2, 0.25) is 0 Å². The van der Waals surface area contributed by atoms with Crippen molar-refractivity contribution in [3.8, 4) is 0 Å². The fraction of sp³-hybridized carbons (Fsp3) is 0.273. The zero-order valence-corrected chi connectivity index (χ0v) is 9.42. The molecule has 0 aliphatic heterocycles. The highest BCUT2D eigenvalue weighted by Crippen LogP contribution is 2.20. The molecule has 0 unspecified atom stereocenters. The van der Waals surface area contributed by atoms with Crippen LogP contribution in [0.2, 0.25) is 0 Å². The van der Waals surface area contributed by atoms with Crippen LogP contribution in [-0.4, -0.2) is 9.97 Å². The molecule has 0 fully saturated rings. The topological polar surface area (TPSA) is 51.8 Å². The maximum Gasteiger partial charge on any atom is 0.180 e. The van der Waals surface area contributed by atoms with Gasteiger partial charge >= 0.3 is 0 Å². The third kappa shape index (κ3) is 2.53. The second kappa shape index (κ2) is 4.40. The van der Waals surface area contributed by atoms with E-state index in [2.05, 4.69) is 16.9 Å². The molecule has 0 amide bonds. The number of nitrogen functional groups attached to an aromatic ring is 1. The number of anilines is 1. The summed E-state index contributed by atoms with van der Waals surface area (Å²) in [5, 5.41) is 0.656. The number of aromatic nitrogens is 2. The highest BCUT2D eigenvalue weighted by molar-refractivity contribution is 7.15. The van der Waals surface area contributed by atoms with Crippen molar-refractivity contribution in [3.63, 3.8) is 0 Å². The number of aryl methyl sites for hydroxylation is 3. The molecule has 2 aromatic heterocycles. The first-order chi connectivity index (χ1) is 7.25. The molecule has 0 saturated heterocycles. The zero-order valence-electron chi connectivity index (χ0n) is 8.60. The van der Waals surface area contributed by atoms with Crippen molar-refractivity contribution < 1.29 is 0 Å². The number of hydrogen-bond acceptors (Lipinski definition) is 4. The third-order valence-corrected chi connectivity index (χ3v) is 3.10. The molecular weight excluding hydrogens is 206 g/mol. The normalized spacial score (nSPS) is 10.5. The predicted octanol–water partition coefficient (Wildman–Crippen LogP) is 2.21. The van der Waals surface area contributed by atoms with Gasteiger partial charge in [-0.3, -0.25) is 4.98 Å². The lowest BCUT2D eigenvalue weighted by molar-refractivity contribution is 0.883. The van der Waals surface area contributed by atoms with E-state index in [1.165, 1.54) is 4.88 Å². The molecular formula is C11H13N3S. The standard InChI is InChI=1S/C11H13N3S/c1-8-10(14-11(12)15-8)6-5-9-4-2-3-7-13-9/h2-4,7H,5-6H2,1H3,(H2,12,14). The van der Waals surface area contributed by atoms with Gasteiger partial charge in [0.1, 0.15) is 0 Å². The summed E-state index contributed by atoms with van der Waals surface area (Å²) in [5.74, 6) is 0. The van der Waals surface area contributed by atoms with E-state index in [0.29, 0.717) is 5.13 Å². The lowest BCUT2D eigenvalue weighted by Gasteiger charge is -1.98. The summed E-state index contributed by atoms with van der Waals surface area (Å²) in [6.07, 6.45) is 3.65. The molecule has 0 aromatic carbocycles. The monoisotopic (exact) mass is 219 g/mol. The highest BCUT2D eigenvalue weighted by atomic mass is 32.1. The van der Waals surface area contributed by atoms with Gasteiger partial charge in [-0.2, -0.15) is 0 Å². The van der Waals surface area contributed by atoms with E-state index in [-0.39, 0.29) is 0 Å². The molecule has 3 nitrogen and oxygen atoms in total. The van der Waals surface area contributed by atoms with E-state index < -0.39 is 0 Å². The SMILES string of the molecule is Cc1sc(N)nc1CCc1ccccn1. The molecule has 0 bridgehead atoms. The maximum absolute atomic E-state index is 5.64. The van der Waals surface area contributed by atoms with Crippen LogP contribution in [0.3, 0.4) is 0 Å². The van der Waals surface area contributed by atoms with E-state index in [4.69, 9.17) is 5.73 Å². The summed E-state index contributed by atoms with van der Waals surface area (Å²) < 4.78 is 0. The van der Waals surface area contributed by atoms with Crippen LogP contribution < -0.4 is 5.73 Å². The number of hydrogen-bond donors (Lipinski definition) is 1. The van der Waals surface area contributed by atoms with E-state index in [1.54, 1.807) is 11.3 Å². The minimum atomic E-state index is 0.656. The van der Waals surface area contributed by atoms with Crippen molar-refractivity contribution in [1.29, 1.82) is 0 Å². The fourth-order valence-corrected chi connectivity index (χ4v) is 2.21. The van der Waals surface area contributed by atoms with Crippen molar-refractivity contribution in [2.45, 2.75) is 19.8 Å². The van der Waals surface area contributed by atoms with Gasteiger partial charge in [0.15, 0.2) is 5.13 Å². The summed E-state index contributed by atoms with van der Waals surface area (Å²) in [7, 11) is 0. The lowest BCUT2D eigenvalue weighted by atomic mass is 10.1. The molecule has 0 radical (unpaired) electrons. The van der Waals surface area contributed by atoms with Gasteiger partial charge in [0.05, 0.1) is 5.69 Å². The second-order valence-corrected chi connectivity index (χ2v) is 4.61. The Balaban J connectivity index is 2.02. The molecule has 4 heteroatoms. The minimum Gasteiger partial charge on any atom is -0.375 e. The Bertz CT molecular complexity index is 436. The van der Waals surface area contributed by atoms with Crippen LogP contribution in [0.4, 0.5) is 5.13 Å². The number of pyridine rings is 1. The Morgan fingerprint density at radius 1 is 1.33 bits per heavy atom. The molecule has 2 rings (SSSR count). The van der Waals surface area contributed by atoms with Crippen molar-refractivity contribution >= 4 is 16.5 Å². The number of nitrogens with zero attached hydrogens (tertiary/aromatic N) is 2. The molecule has 2 heterocycles. The first-order valence-corrected chi connectivity index (χ1v) is 5.69. The third-order valence-electron chi connectivity index (χ3n) is 2.25. The molecule has 0 aliphatic carbocycles. The van der Waals surface area contributed by atoms with Gasteiger partial charge in [0, 0.05) is 16.8 Å². The highest BCUT2D eigenvalue weighted by Gasteiger charge is 2.05. The average Bonchev–Trinajstić information content (AvgIpc) is 2.56. The molecule has 0 spiro atoms. The summed E-state index contributed by atoms with van der Waals surface area (Å²) in [6.45, 7) is 2.06. The smallest absolute Gasteiger partial charge is 0.180 e. The first-order valence-electron chi connectivity index (χ1n) is 4.87. The quantitative estimate of drug-likeness (QED) is 0.861. The van der Waals surface area contributed by atoms with Gasteiger partial charge in [-0.25, -0.2) is 4.98 Å². The summed E-state index contributed by atoms with van der Waals surface area (Å²) >= 11 is 1.55. The van der Waals surface area contributed by atoms with Crippen LogP contribution in [0, 0.1) is 6.92 Å². The van der Waals surface area contributed by atoms with Crippen LogP contribution in [-0.2, 0) is 12.8 Å². The van der Waals surface area contributed by atoms with E-state index in [9.17, 15) is 0 Å². The van der Waals surface area contributed by atoms with E-state index in [0.717, 1.165) is 24.2 Å². The Labute approximate surface area is 93.0 Å². The molecule has 78 valence electrons.